The topological polar surface area (TPSA) is 90.0 Å². The van der Waals surface area contributed by atoms with E-state index in [9.17, 15) is 9.59 Å². The van der Waals surface area contributed by atoms with Crippen LogP contribution in [-0.2, 0) is 17.9 Å². The van der Waals surface area contributed by atoms with E-state index in [0.29, 0.717) is 42.6 Å². The summed E-state index contributed by atoms with van der Waals surface area (Å²) in [7, 11) is 0. The first-order chi connectivity index (χ1) is 11.2. The third-order valence-corrected chi connectivity index (χ3v) is 3.44. The molecule has 118 valence electrons. The van der Waals surface area contributed by atoms with Gasteiger partial charge in [0, 0.05) is 13.0 Å². The van der Waals surface area contributed by atoms with Crippen LogP contribution in [0.15, 0.2) is 51.9 Å². The van der Waals surface area contributed by atoms with Gasteiger partial charge in [-0.1, -0.05) is 17.3 Å². The van der Waals surface area contributed by atoms with Gasteiger partial charge in [-0.2, -0.15) is 0 Å². The number of aromatic nitrogens is 3. The minimum atomic E-state index is -0.188. The van der Waals surface area contributed by atoms with Gasteiger partial charge in [-0.25, -0.2) is 4.68 Å². The number of hydrogen-bond donors (Lipinski definition) is 1. The molecular weight excluding hydrogens is 296 g/mol. The first-order valence-electron chi connectivity index (χ1n) is 7.35. The summed E-state index contributed by atoms with van der Waals surface area (Å²) in [6.07, 6.45) is 2.38. The summed E-state index contributed by atoms with van der Waals surface area (Å²) in [5.41, 5.74) is 0.386. The number of rotatable bonds is 6. The smallest absolute Gasteiger partial charge is 0.277 e. The molecule has 0 unspecified atom stereocenters. The lowest BCUT2D eigenvalue weighted by molar-refractivity contribution is -0.121. The molecule has 3 aromatic rings. The quantitative estimate of drug-likeness (QED) is 0.744. The van der Waals surface area contributed by atoms with Gasteiger partial charge in [0.05, 0.1) is 18.2 Å². The number of aryl methyl sites for hydroxylation is 1. The lowest BCUT2D eigenvalue weighted by atomic mass is 10.2. The molecule has 23 heavy (non-hydrogen) atoms. The number of furan rings is 1. The highest BCUT2D eigenvalue weighted by Crippen LogP contribution is 2.04. The molecule has 2 aromatic heterocycles. The van der Waals surface area contributed by atoms with Crippen LogP contribution in [0.1, 0.15) is 18.6 Å². The summed E-state index contributed by atoms with van der Waals surface area (Å²) < 4.78 is 6.43. The van der Waals surface area contributed by atoms with Crippen LogP contribution in [0.25, 0.3) is 10.9 Å². The molecule has 0 bridgehead atoms. The Kier molecular flexibility index (Phi) is 4.46. The van der Waals surface area contributed by atoms with Gasteiger partial charge in [0.15, 0.2) is 0 Å². The lowest BCUT2D eigenvalue weighted by Crippen LogP contribution is -2.26. The van der Waals surface area contributed by atoms with Gasteiger partial charge in [0.25, 0.3) is 5.56 Å². The fourth-order valence-electron chi connectivity index (χ4n) is 2.25. The number of hydrogen-bond acceptors (Lipinski definition) is 5. The van der Waals surface area contributed by atoms with Crippen LogP contribution in [0.5, 0.6) is 0 Å². The Morgan fingerprint density at radius 1 is 1.22 bits per heavy atom. The molecule has 0 fully saturated rings. The summed E-state index contributed by atoms with van der Waals surface area (Å²) in [5, 5.41) is 11.2. The van der Waals surface area contributed by atoms with E-state index in [1.807, 2.05) is 6.07 Å². The predicted octanol–water partition coefficient (Wildman–Crippen LogP) is 1.48. The van der Waals surface area contributed by atoms with E-state index in [2.05, 4.69) is 15.6 Å². The summed E-state index contributed by atoms with van der Waals surface area (Å²) >= 11 is 0. The van der Waals surface area contributed by atoms with E-state index in [-0.39, 0.29) is 11.5 Å². The summed E-state index contributed by atoms with van der Waals surface area (Å²) in [5.74, 6) is 0.609. The van der Waals surface area contributed by atoms with Gasteiger partial charge >= 0.3 is 0 Å². The van der Waals surface area contributed by atoms with Crippen molar-refractivity contribution in [1.29, 1.82) is 0 Å². The van der Waals surface area contributed by atoms with Crippen molar-refractivity contribution in [1.82, 2.24) is 20.3 Å². The number of nitrogens with one attached hydrogen (secondary N) is 1. The second-order valence-corrected chi connectivity index (χ2v) is 5.09. The van der Waals surface area contributed by atoms with Gasteiger partial charge in [-0.05, 0) is 30.7 Å². The Balaban J connectivity index is 1.53. The first-order valence-corrected chi connectivity index (χ1v) is 7.35. The summed E-state index contributed by atoms with van der Waals surface area (Å²) in [6.45, 7) is 0.715. The molecule has 0 aliphatic rings. The maximum absolute atomic E-state index is 12.2. The summed E-state index contributed by atoms with van der Waals surface area (Å²) in [6, 6.07) is 10.6. The molecule has 0 aliphatic heterocycles. The number of benzene rings is 1. The Morgan fingerprint density at radius 3 is 2.91 bits per heavy atom. The SMILES string of the molecule is O=C(CCCn1nnc2ccccc2c1=O)NCc1ccco1. The Bertz CT molecular complexity index is 855. The average molecular weight is 312 g/mol. The zero-order chi connectivity index (χ0) is 16.1. The van der Waals surface area contributed by atoms with E-state index in [4.69, 9.17) is 4.42 Å². The number of amides is 1. The molecule has 0 atom stereocenters. The van der Waals surface area contributed by atoms with Crippen LogP contribution in [0, 0.1) is 0 Å². The highest BCUT2D eigenvalue weighted by Gasteiger charge is 2.07. The Hall–Kier alpha value is -2.96. The van der Waals surface area contributed by atoms with Crippen molar-refractivity contribution < 1.29 is 9.21 Å². The maximum Gasteiger partial charge on any atom is 0.277 e. The van der Waals surface area contributed by atoms with Crippen LogP contribution in [-0.4, -0.2) is 20.9 Å². The number of carbonyl (C=O) groups is 1. The van der Waals surface area contributed by atoms with E-state index in [0.717, 1.165) is 0 Å². The van der Waals surface area contributed by atoms with Gasteiger partial charge in [0.1, 0.15) is 11.3 Å². The monoisotopic (exact) mass is 312 g/mol. The van der Waals surface area contributed by atoms with Crippen LogP contribution in [0.4, 0.5) is 0 Å². The van der Waals surface area contributed by atoms with Crippen molar-refractivity contribution >= 4 is 16.8 Å². The van der Waals surface area contributed by atoms with Crippen LogP contribution < -0.4 is 10.9 Å². The minimum absolute atomic E-state index is 0.0943. The molecule has 2 heterocycles. The standard InChI is InChI=1S/C16H16N4O3/c21-15(17-11-12-5-4-10-23-12)8-3-9-20-16(22)13-6-1-2-7-14(13)18-19-20/h1-2,4-7,10H,3,8-9,11H2,(H,17,21). The largest absolute Gasteiger partial charge is 0.467 e. The predicted molar refractivity (Wildman–Crippen MR) is 83.6 cm³/mol. The molecule has 0 aliphatic carbocycles. The molecule has 3 rings (SSSR count). The number of fused-ring (bicyclic) bond motifs is 1. The molecule has 1 aromatic carbocycles. The first kappa shape index (κ1) is 15.0. The van der Waals surface area contributed by atoms with E-state index in [1.165, 1.54) is 4.68 Å². The van der Waals surface area contributed by atoms with Gasteiger partial charge in [-0.3, -0.25) is 9.59 Å². The molecule has 1 N–H and O–H groups in total. The zero-order valence-corrected chi connectivity index (χ0v) is 12.4. The van der Waals surface area contributed by atoms with Gasteiger partial charge < -0.3 is 9.73 Å². The second kappa shape index (κ2) is 6.87. The molecule has 0 saturated heterocycles. The van der Waals surface area contributed by atoms with Crippen LogP contribution in [0.3, 0.4) is 0 Å². The fraction of sp³-hybridized carbons (Fsp3) is 0.250. The van der Waals surface area contributed by atoms with Crippen LogP contribution >= 0.6 is 0 Å². The highest BCUT2D eigenvalue weighted by atomic mass is 16.3. The van der Waals surface area contributed by atoms with Crippen molar-refractivity contribution in [3.05, 3.63) is 58.8 Å². The third-order valence-electron chi connectivity index (χ3n) is 3.44. The van der Waals surface area contributed by atoms with Crippen LogP contribution in [0.2, 0.25) is 0 Å². The molecule has 0 spiro atoms. The van der Waals surface area contributed by atoms with Gasteiger partial charge in [0.2, 0.25) is 5.91 Å². The van der Waals surface area contributed by atoms with Crippen molar-refractivity contribution in [2.24, 2.45) is 0 Å². The summed E-state index contributed by atoms with van der Waals surface area (Å²) in [4.78, 5) is 24.0. The normalized spacial score (nSPS) is 10.8. The van der Waals surface area contributed by atoms with E-state index >= 15 is 0 Å². The zero-order valence-electron chi connectivity index (χ0n) is 12.4. The van der Waals surface area contributed by atoms with Gasteiger partial charge in [-0.15, -0.1) is 5.10 Å². The Labute approximate surface area is 131 Å². The van der Waals surface area contributed by atoms with Crippen molar-refractivity contribution in [2.45, 2.75) is 25.9 Å². The molecule has 7 nitrogen and oxygen atoms in total. The van der Waals surface area contributed by atoms with E-state index in [1.54, 1.807) is 36.6 Å². The van der Waals surface area contributed by atoms with E-state index < -0.39 is 0 Å². The highest BCUT2D eigenvalue weighted by molar-refractivity contribution is 5.76. The lowest BCUT2D eigenvalue weighted by Gasteiger charge is -2.05. The number of nitrogens with zero attached hydrogens (tertiary/aromatic N) is 3. The Morgan fingerprint density at radius 2 is 2.09 bits per heavy atom. The van der Waals surface area contributed by atoms with Crippen molar-refractivity contribution in [3.8, 4) is 0 Å². The molecule has 0 radical (unpaired) electrons. The fourth-order valence-corrected chi connectivity index (χ4v) is 2.25. The molecule has 1 amide bonds. The maximum atomic E-state index is 12.2. The molecule has 0 saturated carbocycles. The molecular formula is C16H16N4O3. The minimum Gasteiger partial charge on any atom is -0.467 e. The average Bonchev–Trinajstić information content (AvgIpc) is 3.09. The second-order valence-electron chi connectivity index (χ2n) is 5.09. The molecule has 7 heteroatoms. The van der Waals surface area contributed by atoms with Crippen molar-refractivity contribution in [3.63, 3.8) is 0 Å². The van der Waals surface area contributed by atoms with Crippen molar-refractivity contribution in [2.75, 3.05) is 0 Å². The number of carbonyl (C=O) groups excluding carboxylic acids is 1. The third kappa shape index (κ3) is 3.63.